The van der Waals surface area contributed by atoms with E-state index in [0.717, 1.165) is 24.8 Å². The van der Waals surface area contributed by atoms with Gasteiger partial charge in [0.25, 0.3) is 0 Å². The summed E-state index contributed by atoms with van der Waals surface area (Å²) in [5.74, 6) is 1.76. The maximum Gasteiger partial charge on any atom is 0.0300 e. The van der Waals surface area contributed by atoms with Crippen molar-refractivity contribution in [1.29, 1.82) is 0 Å². The Hall–Kier alpha value is -0.0800. The van der Waals surface area contributed by atoms with Crippen LogP contribution in [0.5, 0.6) is 0 Å². The van der Waals surface area contributed by atoms with Crippen molar-refractivity contribution in [1.82, 2.24) is 4.90 Å². The summed E-state index contributed by atoms with van der Waals surface area (Å²) < 4.78 is 0. The van der Waals surface area contributed by atoms with Gasteiger partial charge in [0.05, 0.1) is 0 Å². The Bertz CT molecular complexity index is 197. The monoisotopic (exact) mass is 226 g/mol. The fraction of sp³-hybridized carbons (Fsp3) is 1.00. The Morgan fingerprint density at radius 1 is 1.31 bits per heavy atom. The molecule has 0 saturated carbocycles. The third kappa shape index (κ3) is 3.21. The summed E-state index contributed by atoms with van der Waals surface area (Å²) in [4.78, 5) is 2.63. The minimum absolute atomic E-state index is 0.228. The smallest absolute Gasteiger partial charge is 0.0300 e. The van der Waals surface area contributed by atoms with Crippen molar-refractivity contribution in [2.75, 3.05) is 19.6 Å². The molecule has 2 nitrogen and oxygen atoms in total. The van der Waals surface area contributed by atoms with Crippen LogP contribution in [0.1, 0.15) is 53.4 Å². The van der Waals surface area contributed by atoms with Gasteiger partial charge >= 0.3 is 0 Å². The number of likely N-dealkylation sites (tertiary alicyclic amines) is 1. The molecule has 0 aliphatic carbocycles. The first-order valence-electron chi connectivity index (χ1n) is 6.98. The van der Waals surface area contributed by atoms with Crippen molar-refractivity contribution in [2.45, 2.75) is 58.9 Å². The minimum Gasteiger partial charge on any atom is -0.329 e. The fourth-order valence-corrected chi connectivity index (χ4v) is 2.83. The topological polar surface area (TPSA) is 29.3 Å². The molecule has 1 rings (SSSR count). The van der Waals surface area contributed by atoms with Gasteiger partial charge in [-0.25, -0.2) is 0 Å². The predicted octanol–water partition coefficient (Wildman–Crippen LogP) is 2.87. The van der Waals surface area contributed by atoms with Crippen LogP contribution >= 0.6 is 0 Å². The van der Waals surface area contributed by atoms with E-state index in [4.69, 9.17) is 5.73 Å². The summed E-state index contributed by atoms with van der Waals surface area (Å²) in [5.41, 5.74) is 6.18. The molecule has 16 heavy (non-hydrogen) atoms. The zero-order valence-electron chi connectivity index (χ0n) is 11.6. The predicted molar refractivity (Wildman–Crippen MR) is 71.5 cm³/mol. The lowest BCUT2D eigenvalue weighted by atomic mass is 9.89. The van der Waals surface area contributed by atoms with Crippen molar-refractivity contribution in [3.8, 4) is 0 Å². The average Bonchev–Trinajstić information content (AvgIpc) is 2.53. The lowest BCUT2D eigenvalue weighted by molar-refractivity contribution is 0.108. The van der Waals surface area contributed by atoms with Crippen LogP contribution in [0.15, 0.2) is 0 Å². The van der Waals surface area contributed by atoms with Gasteiger partial charge in [0.1, 0.15) is 0 Å². The van der Waals surface area contributed by atoms with E-state index in [-0.39, 0.29) is 5.54 Å². The van der Waals surface area contributed by atoms with E-state index >= 15 is 0 Å². The third-order valence-corrected chi connectivity index (χ3v) is 4.68. The van der Waals surface area contributed by atoms with E-state index in [2.05, 4.69) is 32.6 Å². The van der Waals surface area contributed by atoms with Crippen molar-refractivity contribution >= 4 is 0 Å². The molecule has 1 saturated heterocycles. The van der Waals surface area contributed by atoms with Crippen molar-refractivity contribution < 1.29 is 0 Å². The third-order valence-electron chi connectivity index (χ3n) is 4.68. The van der Waals surface area contributed by atoms with Crippen LogP contribution in [0.2, 0.25) is 0 Å². The molecule has 1 aliphatic rings. The molecule has 0 spiro atoms. The van der Waals surface area contributed by atoms with Gasteiger partial charge in [0, 0.05) is 12.1 Å². The maximum atomic E-state index is 5.95. The van der Waals surface area contributed by atoms with Gasteiger partial charge in [-0.05, 0) is 57.5 Å². The van der Waals surface area contributed by atoms with Gasteiger partial charge in [-0.3, -0.25) is 4.90 Å². The lowest BCUT2D eigenvalue weighted by Gasteiger charge is -2.39. The largest absolute Gasteiger partial charge is 0.329 e. The quantitative estimate of drug-likeness (QED) is 0.798. The zero-order valence-corrected chi connectivity index (χ0v) is 11.6. The first-order valence-corrected chi connectivity index (χ1v) is 6.98. The van der Waals surface area contributed by atoms with Crippen LogP contribution in [0.4, 0.5) is 0 Å². The van der Waals surface area contributed by atoms with Gasteiger partial charge in [-0.15, -0.1) is 0 Å². The molecular formula is C14H30N2. The molecule has 2 N–H and O–H groups in total. The number of hydrogen-bond donors (Lipinski definition) is 1. The van der Waals surface area contributed by atoms with Crippen molar-refractivity contribution in [3.63, 3.8) is 0 Å². The molecule has 0 radical (unpaired) electrons. The van der Waals surface area contributed by atoms with E-state index in [9.17, 15) is 0 Å². The Kier molecular flexibility index (Phi) is 5.26. The fourth-order valence-electron chi connectivity index (χ4n) is 2.83. The second-order valence-electron chi connectivity index (χ2n) is 5.98. The van der Waals surface area contributed by atoms with Crippen LogP contribution in [0.25, 0.3) is 0 Å². The highest BCUT2D eigenvalue weighted by atomic mass is 15.2. The minimum atomic E-state index is 0.228. The molecule has 1 fully saturated rings. The number of rotatable bonds is 4. The van der Waals surface area contributed by atoms with Gasteiger partial charge in [0.15, 0.2) is 0 Å². The molecule has 0 amide bonds. The molecule has 0 aromatic carbocycles. The van der Waals surface area contributed by atoms with E-state index in [0.29, 0.717) is 0 Å². The summed E-state index contributed by atoms with van der Waals surface area (Å²) in [6, 6.07) is 0. The maximum absolute atomic E-state index is 5.95. The molecule has 1 heterocycles. The summed E-state index contributed by atoms with van der Waals surface area (Å²) in [7, 11) is 0. The summed E-state index contributed by atoms with van der Waals surface area (Å²) in [5, 5.41) is 0. The first kappa shape index (κ1) is 14.0. The van der Waals surface area contributed by atoms with Crippen LogP contribution in [0.3, 0.4) is 0 Å². The van der Waals surface area contributed by atoms with Crippen molar-refractivity contribution in [2.24, 2.45) is 17.6 Å². The summed E-state index contributed by atoms with van der Waals surface area (Å²) in [6.07, 6.45) is 5.26. The zero-order chi connectivity index (χ0) is 12.2. The van der Waals surface area contributed by atoms with E-state index < -0.39 is 0 Å². The second-order valence-corrected chi connectivity index (χ2v) is 5.98. The van der Waals surface area contributed by atoms with Crippen LogP contribution in [-0.4, -0.2) is 30.1 Å². The highest BCUT2D eigenvalue weighted by Crippen LogP contribution is 2.28. The normalized spacial score (nSPS) is 27.8. The lowest BCUT2D eigenvalue weighted by Crippen LogP contribution is -2.51. The highest BCUT2D eigenvalue weighted by Gasteiger charge is 2.30. The van der Waals surface area contributed by atoms with Gasteiger partial charge in [-0.1, -0.05) is 20.8 Å². The molecule has 0 aromatic rings. The first-order chi connectivity index (χ1) is 7.53. The molecule has 2 heteroatoms. The van der Waals surface area contributed by atoms with Crippen LogP contribution < -0.4 is 5.73 Å². The van der Waals surface area contributed by atoms with E-state index in [1.54, 1.807) is 0 Å². The Morgan fingerprint density at radius 3 is 2.50 bits per heavy atom. The molecule has 0 bridgehead atoms. The summed E-state index contributed by atoms with van der Waals surface area (Å²) in [6.45, 7) is 12.6. The molecule has 0 aromatic heterocycles. The Balaban J connectivity index is 2.59. The van der Waals surface area contributed by atoms with Gasteiger partial charge in [-0.2, -0.15) is 0 Å². The number of nitrogens with two attached hydrogens (primary N) is 1. The molecule has 2 atom stereocenters. The summed E-state index contributed by atoms with van der Waals surface area (Å²) >= 11 is 0. The second kappa shape index (κ2) is 6.02. The molecular weight excluding hydrogens is 196 g/mol. The van der Waals surface area contributed by atoms with E-state index in [1.165, 1.54) is 32.4 Å². The van der Waals surface area contributed by atoms with Crippen LogP contribution in [0, 0.1) is 11.8 Å². The highest BCUT2D eigenvalue weighted by molar-refractivity contribution is 4.88. The average molecular weight is 226 g/mol. The molecule has 1 aliphatic heterocycles. The van der Waals surface area contributed by atoms with Gasteiger partial charge < -0.3 is 5.73 Å². The van der Waals surface area contributed by atoms with Crippen molar-refractivity contribution in [3.05, 3.63) is 0 Å². The number of nitrogens with zero attached hydrogens (tertiary/aromatic N) is 1. The van der Waals surface area contributed by atoms with Crippen LogP contribution in [-0.2, 0) is 0 Å². The molecule has 96 valence electrons. The van der Waals surface area contributed by atoms with Gasteiger partial charge in [0.2, 0.25) is 0 Å². The standard InChI is InChI=1S/C14H30N2/c1-5-14(4,11-15)16-9-6-7-13(8-10-16)12(2)3/h12-13H,5-11,15H2,1-4H3. The Labute approximate surface area is 102 Å². The molecule has 2 unspecified atom stereocenters. The van der Waals surface area contributed by atoms with E-state index in [1.807, 2.05) is 0 Å². The number of hydrogen-bond acceptors (Lipinski definition) is 2. The SMILES string of the molecule is CCC(C)(CN)N1CCCC(C(C)C)CC1. The Morgan fingerprint density at radius 2 is 2.00 bits per heavy atom.